The number of hydrogen-bond acceptors (Lipinski definition) is 4. The van der Waals surface area contributed by atoms with Crippen LogP contribution in [0.25, 0.3) is 16.3 Å². The van der Waals surface area contributed by atoms with Crippen molar-refractivity contribution in [3.05, 3.63) is 78.0 Å². The van der Waals surface area contributed by atoms with Gasteiger partial charge in [0.25, 0.3) is 0 Å². The van der Waals surface area contributed by atoms with Crippen LogP contribution in [-0.2, 0) is 6.42 Å². The molecule has 2 aliphatic carbocycles. The zero-order valence-corrected chi connectivity index (χ0v) is 21.4. The highest BCUT2D eigenvalue weighted by Gasteiger charge is 2.29. The van der Waals surface area contributed by atoms with Gasteiger partial charge in [-0.3, -0.25) is 0 Å². The molecule has 0 saturated heterocycles. The van der Waals surface area contributed by atoms with Gasteiger partial charge in [-0.1, -0.05) is 86.1 Å². The van der Waals surface area contributed by atoms with Crippen molar-refractivity contribution in [1.29, 1.82) is 0 Å². The molecule has 184 valence electrons. The van der Waals surface area contributed by atoms with Gasteiger partial charge in [-0.15, -0.1) is 0 Å². The van der Waals surface area contributed by atoms with Gasteiger partial charge in [0, 0.05) is 24.1 Å². The Hall–Kier alpha value is -2.72. The smallest absolute Gasteiger partial charge is 0.226 e. The van der Waals surface area contributed by atoms with Crippen molar-refractivity contribution in [3.63, 3.8) is 0 Å². The van der Waals surface area contributed by atoms with Gasteiger partial charge >= 0.3 is 0 Å². The minimum Gasteiger partial charge on any atom is -0.339 e. The molecule has 0 aliphatic heterocycles. The van der Waals surface area contributed by atoms with E-state index in [1.54, 1.807) is 0 Å². The number of allylic oxidation sites excluding steroid dienone is 4. The summed E-state index contributed by atoms with van der Waals surface area (Å²) in [6.45, 7) is 6.76. The summed E-state index contributed by atoms with van der Waals surface area (Å²) in [7, 11) is 0. The van der Waals surface area contributed by atoms with Crippen LogP contribution < -0.4 is 5.32 Å². The molecule has 1 heterocycles. The van der Waals surface area contributed by atoms with Crippen LogP contribution in [0.5, 0.6) is 0 Å². The number of nitrogens with zero attached hydrogens (tertiary/aromatic N) is 2. The molecule has 1 N–H and O–H groups in total. The Kier molecular flexibility index (Phi) is 7.48. The second-order valence-corrected chi connectivity index (χ2v) is 10.9. The van der Waals surface area contributed by atoms with Gasteiger partial charge < -0.3 is 9.84 Å². The summed E-state index contributed by atoms with van der Waals surface area (Å²) in [5.41, 5.74) is 2.51. The molecular formula is C31H39N3O. The topological polar surface area (TPSA) is 51.0 Å². The number of benzene rings is 2. The van der Waals surface area contributed by atoms with E-state index in [4.69, 9.17) is 4.52 Å². The maximum Gasteiger partial charge on any atom is 0.226 e. The van der Waals surface area contributed by atoms with E-state index in [9.17, 15) is 0 Å². The Balaban J connectivity index is 1.18. The monoisotopic (exact) mass is 469 g/mol. The largest absolute Gasteiger partial charge is 0.339 e. The summed E-state index contributed by atoms with van der Waals surface area (Å²) in [5, 5.41) is 10.9. The number of aromatic nitrogens is 2. The lowest BCUT2D eigenvalue weighted by Crippen LogP contribution is -2.37. The molecule has 1 fully saturated rings. The van der Waals surface area contributed by atoms with E-state index in [1.165, 1.54) is 42.0 Å². The first kappa shape index (κ1) is 24.0. The fourth-order valence-electron chi connectivity index (χ4n) is 5.88. The Morgan fingerprint density at radius 3 is 2.74 bits per heavy atom. The third-order valence-corrected chi connectivity index (χ3v) is 7.89. The first-order valence-corrected chi connectivity index (χ1v) is 13.5. The van der Waals surface area contributed by atoms with Gasteiger partial charge in [0.15, 0.2) is 0 Å². The average molecular weight is 470 g/mol. The zero-order chi connectivity index (χ0) is 24.2. The Bertz CT molecular complexity index is 1190. The number of aryl methyl sites for hydroxylation is 1. The predicted molar refractivity (Wildman–Crippen MR) is 144 cm³/mol. The van der Waals surface area contributed by atoms with Crippen LogP contribution in [0.3, 0.4) is 0 Å². The highest BCUT2D eigenvalue weighted by Crippen LogP contribution is 2.37. The molecule has 4 nitrogen and oxygen atoms in total. The molecular weight excluding hydrogens is 430 g/mol. The number of hydrogen-bond donors (Lipinski definition) is 1. The summed E-state index contributed by atoms with van der Waals surface area (Å²) in [5.74, 6) is 3.46. The van der Waals surface area contributed by atoms with Gasteiger partial charge in [-0.25, -0.2) is 0 Å². The standard InChI is InChI=1S/C31H39N3O/c1-21(2)14-19-30-33-31(34-35-30)25-17-15-23(16-18-25)26-10-6-11-27(20-26)32-22(3)28-13-7-9-24-8-4-5-12-29(24)28/h4-5,7-9,12-13,15,17-18,21-23,26-27,32H,6,10-11,14,16,19-20H2,1-3H3/t22-,23?,26+,27+/m1/s1. The molecule has 0 spiro atoms. The predicted octanol–water partition coefficient (Wildman–Crippen LogP) is 7.68. The first-order chi connectivity index (χ1) is 17.1. The maximum absolute atomic E-state index is 5.48. The van der Waals surface area contributed by atoms with Crippen molar-refractivity contribution in [3.8, 4) is 0 Å². The minimum atomic E-state index is 0.348. The molecule has 4 atom stereocenters. The summed E-state index contributed by atoms with van der Waals surface area (Å²) in [6.07, 6.45) is 15.1. The van der Waals surface area contributed by atoms with Crippen molar-refractivity contribution in [2.45, 2.75) is 77.8 Å². The van der Waals surface area contributed by atoms with Gasteiger partial charge in [0.05, 0.1) is 0 Å². The maximum atomic E-state index is 5.48. The van der Waals surface area contributed by atoms with Crippen LogP contribution >= 0.6 is 0 Å². The second kappa shape index (κ2) is 10.9. The molecule has 0 amide bonds. The lowest BCUT2D eigenvalue weighted by molar-refractivity contribution is 0.228. The van der Waals surface area contributed by atoms with E-state index in [2.05, 4.69) is 96.9 Å². The third kappa shape index (κ3) is 5.75. The number of rotatable bonds is 8. The summed E-state index contributed by atoms with van der Waals surface area (Å²) in [6, 6.07) is 16.3. The molecule has 4 heteroatoms. The Morgan fingerprint density at radius 2 is 1.91 bits per heavy atom. The fourth-order valence-corrected chi connectivity index (χ4v) is 5.88. The van der Waals surface area contributed by atoms with E-state index in [-0.39, 0.29) is 0 Å². The van der Waals surface area contributed by atoms with Gasteiger partial charge in [-0.05, 0) is 73.1 Å². The van der Waals surface area contributed by atoms with Crippen LogP contribution in [0.15, 0.2) is 65.2 Å². The SMILES string of the molecule is CC(C)CCc1nc(C2=CCC([C@H]3CCC[C@H](N[C@H](C)c4cccc5ccccc45)C3)C=C2)no1. The van der Waals surface area contributed by atoms with E-state index >= 15 is 0 Å². The summed E-state index contributed by atoms with van der Waals surface area (Å²) in [4.78, 5) is 4.63. The second-order valence-electron chi connectivity index (χ2n) is 10.9. The highest BCUT2D eigenvalue weighted by atomic mass is 16.5. The van der Waals surface area contributed by atoms with Crippen molar-refractivity contribution < 1.29 is 4.52 Å². The van der Waals surface area contributed by atoms with Crippen LogP contribution in [0.2, 0.25) is 0 Å². The van der Waals surface area contributed by atoms with Gasteiger partial charge in [0.1, 0.15) is 0 Å². The quantitative estimate of drug-likeness (QED) is 0.367. The average Bonchev–Trinajstić information content (AvgIpc) is 3.36. The molecule has 1 saturated carbocycles. The van der Waals surface area contributed by atoms with Gasteiger partial charge in [-0.2, -0.15) is 4.98 Å². The van der Waals surface area contributed by atoms with Crippen molar-refractivity contribution >= 4 is 16.3 Å². The normalized spacial score (nSPS) is 23.5. The van der Waals surface area contributed by atoms with E-state index in [0.717, 1.165) is 42.5 Å². The molecule has 1 aromatic heterocycles. The van der Waals surface area contributed by atoms with Crippen molar-refractivity contribution in [2.24, 2.45) is 17.8 Å². The molecule has 0 radical (unpaired) electrons. The summed E-state index contributed by atoms with van der Waals surface area (Å²) >= 11 is 0. The molecule has 5 rings (SSSR count). The van der Waals surface area contributed by atoms with E-state index < -0.39 is 0 Å². The zero-order valence-electron chi connectivity index (χ0n) is 21.4. The summed E-state index contributed by atoms with van der Waals surface area (Å²) < 4.78 is 5.48. The van der Waals surface area contributed by atoms with Crippen LogP contribution in [0.4, 0.5) is 0 Å². The third-order valence-electron chi connectivity index (χ3n) is 7.89. The molecule has 35 heavy (non-hydrogen) atoms. The Labute approximate surface area is 209 Å². The van der Waals surface area contributed by atoms with Gasteiger partial charge in [0.2, 0.25) is 11.7 Å². The van der Waals surface area contributed by atoms with Crippen molar-refractivity contribution in [1.82, 2.24) is 15.5 Å². The van der Waals surface area contributed by atoms with Crippen LogP contribution in [0.1, 0.15) is 82.6 Å². The van der Waals surface area contributed by atoms with Crippen LogP contribution in [-0.4, -0.2) is 16.2 Å². The van der Waals surface area contributed by atoms with E-state index in [1.807, 2.05) is 0 Å². The highest BCUT2D eigenvalue weighted by molar-refractivity contribution is 5.86. The lowest BCUT2D eigenvalue weighted by atomic mass is 9.75. The number of fused-ring (bicyclic) bond motifs is 1. The fraction of sp³-hybridized carbons (Fsp3) is 0.484. The van der Waals surface area contributed by atoms with Crippen LogP contribution in [0, 0.1) is 17.8 Å². The lowest BCUT2D eigenvalue weighted by Gasteiger charge is -2.36. The molecule has 0 bridgehead atoms. The molecule has 1 unspecified atom stereocenters. The first-order valence-electron chi connectivity index (χ1n) is 13.5. The van der Waals surface area contributed by atoms with E-state index in [0.29, 0.717) is 23.9 Å². The Morgan fingerprint density at radius 1 is 1.06 bits per heavy atom. The van der Waals surface area contributed by atoms with Crippen molar-refractivity contribution in [2.75, 3.05) is 0 Å². The minimum absolute atomic E-state index is 0.348. The number of nitrogens with one attached hydrogen (secondary N) is 1. The molecule has 2 aliphatic rings. The molecule has 3 aromatic rings. The molecule has 2 aromatic carbocycles.